The molecule has 0 aliphatic rings. The van der Waals surface area contributed by atoms with Gasteiger partial charge in [0.25, 0.3) is 0 Å². The van der Waals surface area contributed by atoms with Crippen LogP contribution in [0.1, 0.15) is 11.1 Å². The summed E-state index contributed by atoms with van der Waals surface area (Å²) in [5, 5.41) is 53.4. The summed E-state index contributed by atoms with van der Waals surface area (Å²) in [5.41, 5.74) is 8.83. The van der Waals surface area contributed by atoms with E-state index >= 15 is 0 Å². The van der Waals surface area contributed by atoms with Gasteiger partial charge in [-0.3, -0.25) is 0 Å². The van der Waals surface area contributed by atoms with Gasteiger partial charge in [-0.25, -0.2) is 5.48 Å². The third-order valence-corrected chi connectivity index (χ3v) is 3.13. The van der Waals surface area contributed by atoms with E-state index in [1.165, 1.54) is 24.3 Å². The molecule has 0 aliphatic carbocycles. The Morgan fingerprint density at radius 1 is 0.750 bits per heavy atom. The van der Waals surface area contributed by atoms with E-state index in [1.54, 1.807) is 6.07 Å². The van der Waals surface area contributed by atoms with Crippen LogP contribution >= 0.6 is 0 Å². The van der Waals surface area contributed by atoms with Gasteiger partial charge in [-0.15, -0.1) is 0 Å². The van der Waals surface area contributed by atoms with Gasteiger partial charge in [-0.1, -0.05) is 6.07 Å². The summed E-state index contributed by atoms with van der Waals surface area (Å²) in [5.74, 6) is -1.39. The van der Waals surface area contributed by atoms with Gasteiger partial charge >= 0.3 is 0 Å². The molecule has 9 N–H and O–H groups in total. The van der Waals surface area contributed by atoms with Crippen molar-refractivity contribution in [2.45, 2.75) is 12.8 Å². The molecule has 2 rings (SSSR count). The molecule has 2 aromatic carbocycles. The molecular formula is C16H22N2O6. The fourth-order valence-electron chi connectivity index (χ4n) is 1.90. The van der Waals surface area contributed by atoms with Crippen LogP contribution in [0.4, 0.5) is 0 Å². The van der Waals surface area contributed by atoms with Crippen molar-refractivity contribution in [1.82, 2.24) is 5.48 Å². The Morgan fingerprint density at radius 2 is 1.33 bits per heavy atom. The lowest BCUT2D eigenvalue weighted by Gasteiger charge is -2.03. The first-order valence-electron chi connectivity index (χ1n) is 7.20. The number of benzene rings is 2. The molecular weight excluding hydrogens is 316 g/mol. The molecule has 0 spiro atoms. The fraction of sp³-hybridized carbons (Fsp3) is 0.250. The van der Waals surface area contributed by atoms with Crippen LogP contribution in [-0.4, -0.2) is 43.8 Å². The van der Waals surface area contributed by atoms with Crippen molar-refractivity contribution in [3.63, 3.8) is 0 Å². The molecule has 0 atom stereocenters. The van der Waals surface area contributed by atoms with Gasteiger partial charge in [0.15, 0.2) is 28.7 Å². The molecule has 0 bridgehead atoms. The Balaban J connectivity index is 0.000000240. The average molecular weight is 338 g/mol. The number of rotatable bonds is 5. The highest BCUT2D eigenvalue weighted by atomic mass is 16.5. The molecule has 0 saturated heterocycles. The fourth-order valence-corrected chi connectivity index (χ4v) is 1.90. The summed E-state index contributed by atoms with van der Waals surface area (Å²) >= 11 is 0. The van der Waals surface area contributed by atoms with Crippen molar-refractivity contribution in [1.29, 1.82) is 0 Å². The van der Waals surface area contributed by atoms with E-state index in [-0.39, 0.29) is 23.0 Å². The quantitative estimate of drug-likeness (QED) is 0.295. The van der Waals surface area contributed by atoms with Crippen LogP contribution in [0.25, 0.3) is 0 Å². The molecule has 0 aliphatic heterocycles. The van der Waals surface area contributed by atoms with Crippen LogP contribution in [0.2, 0.25) is 0 Å². The summed E-state index contributed by atoms with van der Waals surface area (Å²) in [6, 6.07) is 7.32. The molecule has 0 unspecified atom stereocenters. The standard InChI is InChI=1S/2C8H11NO3/c9-2-1-5-3-6(10)8(12)7(11)4-5;10-7-2-1-6(3-4-9-12)5-8(7)11/h3-4,10-12H,1-2,9H2;1-2,5,9-12H,3-4H2. The predicted molar refractivity (Wildman–Crippen MR) is 87.5 cm³/mol. The second kappa shape index (κ2) is 9.46. The zero-order valence-corrected chi connectivity index (χ0v) is 13.0. The largest absolute Gasteiger partial charge is 0.504 e. The third-order valence-electron chi connectivity index (χ3n) is 3.13. The van der Waals surface area contributed by atoms with Gasteiger partial charge < -0.3 is 36.5 Å². The number of hydrogen-bond acceptors (Lipinski definition) is 8. The lowest BCUT2D eigenvalue weighted by atomic mass is 10.1. The van der Waals surface area contributed by atoms with E-state index in [4.69, 9.17) is 36.5 Å². The number of hydroxylamine groups is 1. The normalized spacial score (nSPS) is 10.1. The highest BCUT2D eigenvalue weighted by Gasteiger charge is 2.06. The highest BCUT2D eigenvalue weighted by Crippen LogP contribution is 2.35. The average Bonchev–Trinajstić information content (AvgIpc) is 2.54. The first-order chi connectivity index (χ1) is 11.4. The molecule has 8 heteroatoms. The Labute approximate surface area is 139 Å². The zero-order chi connectivity index (χ0) is 18.1. The maximum atomic E-state index is 9.07. The first-order valence-corrected chi connectivity index (χ1v) is 7.20. The first kappa shape index (κ1) is 19.4. The lowest BCUT2D eigenvalue weighted by molar-refractivity contribution is 0.168. The summed E-state index contributed by atoms with van der Waals surface area (Å²) < 4.78 is 0. The molecule has 0 saturated carbocycles. The van der Waals surface area contributed by atoms with E-state index in [1.807, 2.05) is 5.48 Å². The van der Waals surface area contributed by atoms with E-state index in [2.05, 4.69) is 0 Å². The van der Waals surface area contributed by atoms with Gasteiger partial charge in [0.05, 0.1) is 0 Å². The molecule has 0 amide bonds. The van der Waals surface area contributed by atoms with Crippen molar-refractivity contribution in [3.8, 4) is 28.7 Å². The number of aromatic hydroxyl groups is 5. The Bertz CT molecular complexity index is 640. The van der Waals surface area contributed by atoms with Crippen molar-refractivity contribution in [2.75, 3.05) is 13.1 Å². The molecule has 0 fully saturated rings. The number of hydrogen-bond donors (Lipinski definition) is 8. The monoisotopic (exact) mass is 338 g/mol. The van der Waals surface area contributed by atoms with Crippen LogP contribution in [0.5, 0.6) is 28.7 Å². The topological polar surface area (TPSA) is 159 Å². The van der Waals surface area contributed by atoms with E-state index in [0.717, 1.165) is 5.56 Å². The molecule has 8 nitrogen and oxygen atoms in total. The lowest BCUT2D eigenvalue weighted by Crippen LogP contribution is -2.10. The van der Waals surface area contributed by atoms with Crippen molar-refractivity contribution in [2.24, 2.45) is 5.73 Å². The van der Waals surface area contributed by atoms with Crippen molar-refractivity contribution >= 4 is 0 Å². The molecule has 132 valence electrons. The van der Waals surface area contributed by atoms with Crippen LogP contribution in [0, 0.1) is 0 Å². The Morgan fingerprint density at radius 3 is 1.83 bits per heavy atom. The molecule has 0 heterocycles. The van der Waals surface area contributed by atoms with E-state index < -0.39 is 5.75 Å². The van der Waals surface area contributed by atoms with Gasteiger partial charge in [0.1, 0.15) is 0 Å². The van der Waals surface area contributed by atoms with Gasteiger partial charge in [0, 0.05) is 6.54 Å². The SMILES string of the molecule is NCCc1cc(O)c(O)c(O)c1.ONCCc1ccc(O)c(O)c1. The number of nitrogens with one attached hydrogen (secondary N) is 1. The van der Waals surface area contributed by atoms with Gasteiger partial charge in [-0.05, 0) is 54.8 Å². The second-order valence-corrected chi connectivity index (χ2v) is 5.00. The minimum atomic E-state index is -0.490. The number of nitrogens with two attached hydrogens (primary N) is 1. The summed E-state index contributed by atoms with van der Waals surface area (Å²) in [4.78, 5) is 0. The summed E-state index contributed by atoms with van der Waals surface area (Å²) in [7, 11) is 0. The predicted octanol–water partition coefficient (Wildman–Crippen LogP) is 0.924. The Hall–Kier alpha value is -2.68. The maximum absolute atomic E-state index is 9.07. The van der Waals surface area contributed by atoms with Crippen LogP contribution in [0.3, 0.4) is 0 Å². The molecule has 0 aromatic heterocycles. The summed E-state index contributed by atoms with van der Waals surface area (Å²) in [6.07, 6.45) is 1.16. The van der Waals surface area contributed by atoms with Crippen molar-refractivity contribution < 1.29 is 30.7 Å². The third kappa shape index (κ3) is 5.84. The van der Waals surface area contributed by atoms with E-state index in [0.29, 0.717) is 31.5 Å². The Kier molecular flexibility index (Phi) is 7.63. The number of phenolic OH excluding ortho intramolecular Hbond substituents is 5. The smallest absolute Gasteiger partial charge is 0.200 e. The van der Waals surface area contributed by atoms with E-state index in [9.17, 15) is 0 Å². The summed E-state index contributed by atoms with van der Waals surface area (Å²) in [6.45, 7) is 0.855. The van der Waals surface area contributed by atoms with Crippen LogP contribution in [-0.2, 0) is 12.8 Å². The zero-order valence-electron chi connectivity index (χ0n) is 13.0. The van der Waals surface area contributed by atoms with Crippen LogP contribution in [0.15, 0.2) is 30.3 Å². The molecule has 0 radical (unpaired) electrons. The highest BCUT2D eigenvalue weighted by molar-refractivity contribution is 5.51. The minimum absolute atomic E-state index is 0.129. The van der Waals surface area contributed by atoms with Gasteiger partial charge in [0.2, 0.25) is 0 Å². The second-order valence-electron chi connectivity index (χ2n) is 5.00. The maximum Gasteiger partial charge on any atom is 0.200 e. The minimum Gasteiger partial charge on any atom is -0.504 e. The molecule has 2 aromatic rings. The van der Waals surface area contributed by atoms with Gasteiger partial charge in [-0.2, -0.15) is 0 Å². The molecule has 24 heavy (non-hydrogen) atoms. The van der Waals surface area contributed by atoms with Crippen molar-refractivity contribution in [3.05, 3.63) is 41.5 Å². The number of phenols is 5. The van der Waals surface area contributed by atoms with Crippen LogP contribution < -0.4 is 11.2 Å².